The topological polar surface area (TPSA) is 54.5 Å². The van der Waals surface area contributed by atoms with Gasteiger partial charge in [-0.05, 0) is 51.7 Å². The molecule has 1 saturated carbocycles. The lowest BCUT2D eigenvalue weighted by molar-refractivity contribution is -0.183. The fraction of sp³-hybridized carbons (Fsp3) is 0.611. The average molecular weight is 391 g/mol. The zero-order chi connectivity index (χ0) is 19.7. The first-order valence-corrected chi connectivity index (χ1v) is 10.2. The third-order valence-electron chi connectivity index (χ3n) is 5.07. The summed E-state index contributed by atoms with van der Waals surface area (Å²) in [6, 6.07) is 5.67. The molecule has 1 aromatic carbocycles. The lowest BCUT2D eigenvalue weighted by Crippen LogP contribution is -2.41. The summed E-state index contributed by atoms with van der Waals surface area (Å²) in [5.74, 6) is -1.80. The quantitative estimate of drug-likeness (QED) is 0.778. The summed E-state index contributed by atoms with van der Waals surface area (Å²) in [7, 11) is -2.11. The maximum Gasteiger partial charge on any atom is 0.391 e. The van der Waals surface area contributed by atoms with Crippen LogP contribution in [0.4, 0.5) is 13.2 Å². The second kappa shape index (κ2) is 7.58. The molecule has 0 unspecified atom stereocenters. The standard InChI is InChI=1S/C18H24F3NO3S/c1-12(2)26(24,25)16-7-5-4-6-15(16)17(23)22(3)14-10-8-13(9-11-14)18(19,20)21/h4-7,12-14H,8-11H2,1-3H3. The molecule has 0 spiro atoms. The molecule has 1 aliphatic rings. The van der Waals surface area contributed by atoms with Crippen molar-refractivity contribution in [2.75, 3.05) is 7.05 Å². The van der Waals surface area contributed by atoms with Crippen LogP contribution in [0, 0.1) is 5.92 Å². The summed E-state index contributed by atoms with van der Waals surface area (Å²) >= 11 is 0. The molecule has 0 radical (unpaired) electrons. The number of benzene rings is 1. The number of halogens is 3. The molecule has 0 N–H and O–H groups in total. The third-order valence-corrected chi connectivity index (χ3v) is 7.28. The summed E-state index contributed by atoms with van der Waals surface area (Å²) < 4.78 is 63.4. The molecule has 2 rings (SSSR count). The Morgan fingerprint density at radius 2 is 1.65 bits per heavy atom. The van der Waals surface area contributed by atoms with Crippen molar-refractivity contribution in [2.45, 2.75) is 61.9 Å². The van der Waals surface area contributed by atoms with Crippen LogP contribution in [0.3, 0.4) is 0 Å². The lowest BCUT2D eigenvalue weighted by Gasteiger charge is -2.35. The van der Waals surface area contributed by atoms with E-state index in [-0.39, 0.29) is 42.2 Å². The van der Waals surface area contributed by atoms with Crippen LogP contribution in [0.5, 0.6) is 0 Å². The van der Waals surface area contributed by atoms with E-state index >= 15 is 0 Å². The molecule has 146 valence electrons. The second-order valence-corrected chi connectivity index (χ2v) is 9.53. The number of rotatable bonds is 4. The molecule has 1 aromatic rings. The van der Waals surface area contributed by atoms with Crippen molar-refractivity contribution in [2.24, 2.45) is 5.92 Å². The van der Waals surface area contributed by atoms with E-state index < -0.39 is 33.1 Å². The van der Waals surface area contributed by atoms with Crippen LogP contribution in [0.25, 0.3) is 0 Å². The Morgan fingerprint density at radius 3 is 2.15 bits per heavy atom. The molecule has 1 amide bonds. The Hall–Kier alpha value is -1.57. The van der Waals surface area contributed by atoms with E-state index in [0.717, 1.165) is 0 Å². The highest BCUT2D eigenvalue weighted by Crippen LogP contribution is 2.38. The van der Waals surface area contributed by atoms with Gasteiger partial charge in [-0.2, -0.15) is 13.2 Å². The predicted octanol–water partition coefficient (Wildman–Crippen LogP) is 4.06. The summed E-state index contributed by atoms with van der Waals surface area (Å²) in [6.45, 7) is 3.08. The minimum absolute atomic E-state index is 0.0161. The van der Waals surface area contributed by atoms with Crippen molar-refractivity contribution in [3.8, 4) is 0 Å². The summed E-state index contributed by atoms with van der Waals surface area (Å²) in [4.78, 5) is 14.2. The van der Waals surface area contributed by atoms with E-state index in [2.05, 4.69) is 0 Å². The number of amides is 1. The monoisotopic (exact) mass is 391 g/mol. The van der Waals surface area contributed by atoms with Gasteiger partial charge in [0.15, 0.2) is 9.84 Å². The van der Waals surface area contributed by atoms with Crippen LogP contribution < -0.4 is 0 Å². The number of carbonyl (C=O) groups excluding carboxylic acids is 1. The van der Waals surface area contributed by atoms with Crippen LogP contribution in [0.2, 0.25) is 0 Å². The van der Waals surface area contributed by atoms with Gasteiger partial charge in [0.05, 0.1) is 21.6 Å². The first-order valence-electron chi connectivity index (χ1n) is 8.63. The highest BCUT2D eigenvalue weighted by Gasteiger charge is 2.42. The SMILES string of the molecule is CC(C)S(=O)(=O)c1ccccc1C(=O)N(C)C1CCC(C(F)(F)F)CC1. The molecule has 1 fully saturated rings. The molecule has 0 aliphatic heterocycles. The molecule has 0 aromatic heterocycles. The fourth-order valence-electron chi connectivity index (χ4n) is 3.29. The number of hydrogen-bond donors (Lipinski definition) is 0. The fourth-order valence-corrected chi connectivity index (χ4v) is 4.53. The summed E-state index contributed by atoms with van der Waals surface area (Å²) in [5, 5.41) is -0.677. The average Bonchev–Trinajstić information content (AvgIpc) is 2.59. The van der Waals surface area contributed by atoms with Gasteiger partial charge in [0.2, 0.25) is 0 Å². The zero-order valence-corrected chi connectivity index (χ0v) is 15.9. The van der Waals surface area contributed by atoms with Crippen molar-refractivity contribution >= 4 is 15.7 Å². The Labute approximate surface area is 152 Å². The molecule has 0 heterocycles. The van der Waals surface area contributed by atoms with Crippen LogP contribution >= 0.6 is 0 Å². The molecule has 1 aliphatic carbocycles. The predicted molar refractivity (Wildman–Crippen MR) is 92.7 cm³/mol. The molecule has 4 nitrogen and oxygen atoms in total. The van der Waals surface area contributed by atoms with E-state index in [1.807, 2.05) is 0 Å². The van der Waals surface area contributed by atoms with Gasteiger partial charge in [-0.15, -0.1) is 0 Å². The molecule has 8 heteroatoms. The van der Waals surface area contributed by atoms with Crippen molar-refractivity contribution in [3.05, 3.63) is 29.8 Å². The van der Waals surface area contributed by atoms with Crippen LogP contribution in [-0.2, 0) is 9.84 Å². The van der Waals surface area contributed by atoms with E-state index in [0.29, 0.717) is 0 Å². The number of alkyl halides is 3. The van der Waals surface area contributed by atoms with Gasteiger partial charge in [0.1, 0.15) is 0 Å². The highest BCUT2D eigenvalue weighted by atomic mass is 32.2. The Morgan fingerprint density at radius 1 is 1.12 bits per heavy atom. The number of carbonyl (C=O) groups is 1. The maximum atomic E-state index is 12.9. The number of sulfone groups is 1. The minimum atomic E-state index is -4.20. The first kappa shape index (κ1) is 20.7. The van der Waals surface area contributed by atoms with Gasteiger partial charge < -0.3 is 4.90 Å². The third kappa shape index (κ3) is 4.22. The van der Waals surface area contributed by atoms with E-state index in [4.69, 9.17) is 0 Å². The molecular formula is C18H24F3NO3S. The molecular weight excluding hydrogens is 367 g/mol. The van der Waals surface area contributed by atoms with Crippen molar-refractivity contribution in [1.29, 1.82) is 0 Å². The van der Waals surface area contributed by atoms with Crippen LogP contribution in [-0.4, -0.2) is 43.7 Å². The highest BCUT2D eigenvalue weighted by molar-refractivity contribution is 7.92. The van der Waals surface area contributed by atoms with Gasteiger partial charge in [-0.1, -0.05) is 12.1 Å². The summed E-state index contributed by atoms with van der Waals surface area (Å²) in [5.41, 5.74) is 0.0710. The summed E-state index contributed by atoms with van der Waals surface area (Å²) in [6.07, 6.45) is -3.72. The van der Waals surface area contributed by atoms with Crippen molar-refractivity contribution in [1.82, 2.24) is 4.90 Å². The van der Waals surface area contributed by atoms with Crippen molar-refractivity contribution < 1.29 is 26.4 Å². The lowest BCUT2D eigenvalue weighted by atomic mass is 9.85. The smallest absolute Gasteiger partial charge is 0.339 e. The van der Waals surface area contributed by atoms with Gasteiger partial charge >= 0.3 is 6.18 Å². The normalized spacial score (nSPS) is 21.7. The maximum absolute atomic E-state index is 12.9. The number of hydrogen-bond acceptors (Lipinski definition) is 3. The van der Waals surface area contributed by atoms with E-state index in [9.17, 15) is 26.4 Å². The van der Waals surface area contributed by atoms with Crippen molar-refractivity contribution in [3.63, 3.8) is 0 Å². The van der Waals surface area contributed by atoms with Gasteiger partial charge in [0.25, 0.3) is 5.91 Å². The second-order valence-electron chi connectivity index (χ2n) is 7.05. The number of nitrogens with zero attached hydrogens (tertiary/aromatic N) is 1. The van der Waals surface area contributed by atoms with E-state index in [1.165, 1.54) is 24.1 Å². The first-order chi connectivity index (χ1) is 12.0. The van der Waals surface area contributed by atoms with Crippen LogP contribution in [0.1, 0.15) is 49.9 Å². The molecule has 0 saturated heterocycles. The molecule has 26 heavy (non-hydrogen) atoms. The molecule has 0 bridgehead atoms. The Kier molecular flexibility index (Phi) is 6.05. The minimum Gasteiger partial charge on any atom is -0.339 e. The van der Waals surface area contributed by atoms with Crippen LogP contribution in [0.15, 0.2) is 29.2 Å². The Balaban J connectivity index is 2.21. The Bertz CT molecular complexity index is 751. The van der Waals surface area contributed by atoms with Gasteiger partial charge in [-0.25, -0.2) is 8.42 Å². The van der Waals surface area contributed by atoms with E-state index in [1.54, 1.807) is 26.0 Å². The van der Waals surface area contributed by atoms with Gasteiger partial charge in [-0.3, -0.25) is 4.79 Å². The molecule has 0 atom stereocenters. The van der Waals surface area contributed by atoms with Gasteiger partial charge in [0, 0.05) is 13.1 Å². The zero-order valence-electron chi connectivity index (χ0n) is 15.1. The largest absolute Gasteiger partial charge is 0.391 e.